The number of sulfonamides is 1. The van der Waals surface area contributed by atoms with Gasteiger partial charge in [-0.15, -0.1) is 0 Å². The predicted molar refractivity (Wildman–Crippen MR) is 102 cm³/mol. The Morgan fingerprint density at radius 1 is 1.04 bits per heavy atom. The van der Waals surface area contributed by atoms with E-state index in [2.05, 4.69) is 6.07 Å². The molecule has 0 saturated carbocycles. The van der Waals surface area contributed by atoms with Crippen molar-refractivity contribution in [3.8, 4) is 0 Å². The lowest BCUT2D eigenvalue weighted by Gasteiger charge is -2.29. The van der Waals surface area contributed by atoms with Crippen molar-refractivity contribution in [1.29, 1.82) is 0 Å². The van der Waals surface area contributed by atoms with Crippen LogP contribution in [0.5, 0.6) is 0 Å². The van der Waals surface area contributed by atoms with Crippen molar-refractivity contribution in [3.63, 3.8) is 0 Å². The lowest BCUT2D eigenvalue weighted by atomic mass is 9.99. The summed E-state index contributed by atoms with van der Waals surface area (Å²) in [5, 5.41) is 0. The summed E-state index contributed by atoms with van der Waals surface area (Å²) in [6.07, 6.45) is 0.818. The average molecular weight is 384 g/mol. The molecule has 0 radical (unpaired) electrons. The Balaban J connectivity index is 1.55. The molecule has 27 heavy (non-hydrogen) atoms. The van der Waals surface area contributed by atoms with Crippen molar-refractivity contribution < 1.29 is 18.0 Å². The Hall–Kier alpha value is -2.67. The Morgan fingerprint density at radius 3 is 2.33 bits per heavy atom. The normalized spacial score (nSPS) is 21.2. The highest BCUT2D eigenvalue weighted by atomic mass is 32.2. The first-order valence-electron chi connectivity index (χ1n) is 8.90. The second-order valence-corrected chi connectivity index (χ2v) is 8.94. The summed E-state index contributed by atoms with van der Waals surface area (Å²) in [4.78, 5) is 26.8. The topological polar surface area (TPSA) is 74.8 Å². The number of benzene rings is 2. The zero-order valence-corrected chi connectivity index (χ0v) is 15.8. The molecule has 0 unspecified atom stereocenters. The minimum absolute atomic E-state index is 0.0972. The van der Waals surface area contributed by atoms with Crippen molar-refractivity contribution in [2.24, 2.45) is 5.92 Å². The van der Waals surface area contributed by atoms with Gasteiger partial charge in [0.15, 0.2) is 0 Å². The van der Waals surface area contributed by atoms with Crippen molar-refractivity contribution in [2.45, 2.75) is 19.9 Å². The molecule has 140 valence electrons. The van der Waals surface area contributed by atoms with E-state index in [0.29, 0.717) is 18.7 Å². The number of anilines is 1. The Morgan fingerprint density at radius 2 is 1.70 bits per heavy atom. The van der Waals surface area contributed by atoms with Gasteiger partial charge >= 0.3 is 0 Å². The van der Waals surface area contributed by atoms with Gasteiger partial charge in [0, 0.05) is 18.7 Å². The van der Waals surface area contributed by atoms with Crippen LogP contribution in [0.25, 0.3) is 0 Å². The lowest BCUT2D eigenvalue weighted by molar-refractivity contribution is -0.119. The molecule has 2 aliphatic rings. The summed E-state index contributed by atoms with van der Waals surface area (Å²) in [5.41, 5.74) is 3.18. The molecular weight excluding hydrogens is 364 g/mol. The van der Waals surface area contributed by atoms with Gasteiger partial charge in [-0.1, -0.05) is 31.2 Å². The first-order valence-corrected chi connectivity index (χ1v) is 10.5. The van der Waals surface area contributed by atoms with E-state index in [0.717, 1.165) is 16.3 Å². The van der Waals surface area contributed by atoms with Crippen LogP contribution in [0.2, 0.25) is 0 Å². The molecule has 1 atom stereocenters. The SMILES string of the molecule is C[C@@H]1CS(=O)(=O)N(c2ccc(C(=O)N3CCc4ccccc4C3)cc2)C1=O. The van der Waals surface area contributed by atoms with E-state index in [1.54, 1.807) is 24.0 Å². The summed E-state index contributed by atoms with van der Waals surface area (Å²) in [5.74, 6) is -1.26. The summed E-state index contributed by atoms with van der Waals surface area (Å²) < 4.78 is 25.2. The van der Waals surface area contributed by atoms with Crippen LogP contribution in [-0.2, 0) is 27.8 Å². The minimum Gasteiger partial charge on any atom is -0.334 e. The zero-order chi connectivity index (χ0) is 19.2. The van der Waals surface area contributed by atoms with Crippen LogP contribution in [-0.4, -0.2) is 37.4 Å². The predicted octanol–water partition coefficient (Wildman–Crippen LogP) is 2.20. The average Bonchev–Trinajstić information content (AvgIpc) is 2.87. The lowest BCUT2D eigenvalue weighted by Crippen LogP contribution is -2.36. The Bertz CT molecular complexity index is 1010. The highest BCUT2D eigenvalue weighted by Gasteiger charge is 2.41. The van der Waals surface area contributed by atoms with Gasteiger partial charge in [0.25, 0.3) is 5.91 Å². The molecule has 2 amide bonds. The van der Waals surface area contributed by atoms with Crippen LogP contribution in [0, 0.1) is 5.92 Å². The first-order chi connectivity index (χ1) is 12.9. The third-order valence-corrected chi connectivity index (χ3v) is 7.00. The number of carbonyl (C=O) groups is 2. The maximum absolute atomic E-state index is 12.8. The van der Waals surface area contributed by atoms with Crippen molar-refractivity contribution in [1.82, 2.24) is 4.90 Å². The van der Waals surface area contributed by atoms with Crippen molar-refractivity contribution in [2.75, 3.05) is 16.6 Å². The number of hydrogen-bond donors (Lipinski definition) is 0. The van der Waals surface area contributed by atoms with E-state index < -0.39 is 21.8 Å². The molecule has 6 nitrogen and oxygen atoms in total. The molecule has 2 heterocycles. The zero-order valence-electron chi connectivity index (χ0n) is 15.0. The molecule has 0 aromatic heterocycles. The van der Waals surface area contributed by atoms with Crippen LogP contribution in [0.15, 0.2) is 48.5 Å². The van der Waals surface area contributed by atoms with E-state index in [9.17, 15) is 18.0 Å². The van der Waals surface area contributed by atoms with Crippen LogP contribution in [0.4, 0.5) is 5.69 Å². The van der Waals surface area contributed by atoms with Gasteiger partial charge in [0.2, 0.25) is 15.9 Å². The molecule has 0 N–H and O–H groups in total. The molecular formula is C20H20N2O4S. The largest absolute Gasteiger partial charge is 0.334 e. The maximum Gasteiger partial charge on any atom is 0.254 e. The minimum atomic E-state index is -3.64. The fourth-order valence-electron chi connectivity index (χ4n) is 3.68. The van der Waals surface area contributed by atoms with Crippen LogP contribution in [0.1, 0.15) is 28.4 Å². The molecule has 0 aliphatic carbocycles. The number of fused-ring (bicyclic) bond motifs is 1. The van der Waals surface area contributed by atoms with Gasteiger partial charge in [-0.3, -0.25) is 9.59 Å². The van der Waals surface area contributed by atoms with E-state index in [1.807, 2.05) is 18.2 Å². The fraction of sp³-hybridized carbons (Fsp3) is 0.300. The van der Waals surface area contributed by atoms with E-state index in [4.69, 9.17) is 0 Å². The molecule has 0 bridgehead atoms. The Labute approximate surface area is 158 Å². The third-order valence-electron chi connectivity index (χ3n) is 5.13. The summed E-state index contributed by atoms with van der Waals surface area (Å²) in [7, 11) is -3.64. The second-order valence-electron chi connectivity index (χ2n) is 7.07. The molecule has 1 fully saturated rings. The summed E-state index contributed by atoms with van der Waals surface area (Å²) in [6, 6.07) is 14.3. The maximum atomic E-state index is 12.8. The molecule has 2 aromatic rings. The van der Waals surface area contributed by atoms with Crippen molar-refractivity contribution >= 4 is 27.5 Å². The highest BCUT2D eigenvalue weighted by molar-refractivity contribution is 7.94. The van der Waals surface area contributed by atoms with E-state index >= 15 is 0 Å². The third kappa shape index (κ3) is 3.12. The Kier molecular flexibility index (Phi) is 4.26. The molecule has 4 rings (SSSR count). The summed E-state index contributed by atoms with van der Waals surface area (Å²) in [6.45, 7) is 2.81. The van der Waals surface area contributed by atoms with Crippen LogP contribution >= 0.6 is 0 Å². The van der Waals surface area contributed by atoms with Gasteiger partial charge in [-0.2, -0.15) is 0 Å². The molecule has 2 aromatic carbocycles. The van der Waals surface area contributed by atoms with Crippen LogP contribution in [0.3, 0.4) is 0 Å². The standard InChI is InChI=1S/C20H20N2O4S/c1-14-13-27(25,26)22(19(14)23)18-8-6-16(7-9-18)20(24)21-11-10-15-4-2-3-5-17(15)12-21/h2-9,14H,10-13H2,1H3/t14-/m1/s1. The fourth-order valence-corrected chi connectivity index (χ4v) is 5.50. The first kappa shape index (κ1) is 17.7. The van der Waals surface area contributed by atoms with E-state index in [-0.39, 0.29) is 17.3 Å². The van der Waals surface area contributed by atoms with Crippen LogP contribution < -0.4 is 4.31 Å². The molecule has 2 aliphatic heterocycles. The van der Waals surface area contributed by atoms with Gasteiger partial charge in [-0.05, 0) is 41.8 Å². The van der Waals surface area contributed by atoms with Crippen molar-refractivity contribution in [3.05, 3.63) is 65.2 Å². The second kappa shape index (κ2) is 6.49. The highest BCUT2D eigenvalue weighted by Crippen LogP contribution is 2.29. The number of rotatable bonds is 2. The number of nitrogens with zero attached hydrogens (tertiary/aromatic N) is 2. The quantitative estimate of drug-likeness (QED) is 0.796. The molecule has 1 saturated heterocycles. The molecule has 0 spiro atoms. The molecule has 7 heteroatoms. The van der Waals surface area contributed by atoms with Gasteiger partial charge < -0.3 is 4.90 Å². The monoisotopic (exact) mass is 384 g/mol. The number of hydrogen-bond acceptors (Lipinski definition) is 4. The van der Waals surface area contributed by atoms with Gasteiger partial charge in [-0.25, -0.2) is 12.7 Å². The summed E-state index contributed by atoms with van der Waals surface area (Å²) >= 11 is 0. The van der Waals surface area contributed by atoms with Gasteiger partial charge in [0.1, 0.15) is 0 Å². The number of carbonyl (C=O) groups excluding carboxylic acids is 2. The van der Waals surface area contributed by atoms with Gasteiger partial charge in [0.05, 0.1) is 17.4 Å². The smallest absolute Gasteiger partial charge is 0.254 e. The number of amides is 2. The van der Waals surface area contributed by atoms with E-state index in [1.165, 1.54) is 17.7 Å².